The van der Waals surface area contributed by atoms with Gasteiger partial charge in [0.1, 0.15) is 12.2 Å². The molecule has 1 aromatic rings. The van der Waals surface area contributed by atoms with Gasteiger partial charge in [0.05, 0.1) is 12.5 Å². The van der Waals surface area contributed by atoms with Crippen LogP contribution >= 0.6 is 0 Å². The molecule has 2 bridgehead atoms. The van der Waals surface area contributed by atoms with Crippen molar-refractivity contribution in [1.29, 1.82) is 1.43 Å². The summed E-state index contributed by atoms with van der Waals surface area (Å²) in [5.74, 6) is -2.12. The minimum atomic E-state index is -2.80. The highest BCUT2D eigenvalue weighted by molar-refractivity contribution is 5.62. The van der Waals surface area contributed by atoms with E-state index in [1.807, 2.05) is 0 Å². The van der Waals surface area contributed by atoms with Crippen LogP contribution in [0.1, 0.15) is 29.9 Å². The molecule has 22 heavy (non-hydrogen) atoms. The molecule has 2 aliphatic carbocycles. The Morgan fingerprint density at radius 3 is 3.41 bits per heavy atom. The molecule has 2 aliphatic heterocycles. The van der Waals surface area contributed by atoms with E-state index in [0.29, 0.717) is 11.1 Å². The molecule has 2 heterocycles. The van der Waals surface area contributed by atoms with E-state index < -0.39 is 43.5 Å². The molecule has 4 nitrogen and oxygen atoms in total. The summed E-state index contributed by atoms with van der Waals surface area (Å²) in [6, 6.07) is 0.922. The van der Waals surface area contributed by atoms with E-state index in [1.165, 1.54) is 24.3 Å². The quantitative estimate of drug-likeness (QED) is 0.841. The number of ether oxygens (including phenoxy) is 2. The fraction of sp³-hybridized carbons (Fsp3) is 0.556. The lowest BCUT2D eigenvalue weighted by Crippen LogP contribution is -2.64. The Balaban J connectivity index is 1.84. The van der Waals surface area contributed by atoms with Crippen LogP contribution in [0.4, 0.5) is 0 Å². The van der Waals surface area contributed by atoms with E-state index in [4.69, 9.17) is 24.2 Å². The van der Waals surface area contributed by atoms with Gasteiger partial charge in [-0.1, -0.05) is 18.2 Å². The molecule has 1 spiro atoms. The molecular weight excluding hydrogens is 278 g/mol. The van der Waals surface area contributed by atoms with E-state index in [-0.39, 0.29) is 30.9 Å². The fourth-order valence-corrected chi connectivity index (χ4v) is 4.36. The maximum atomic E-state index is 9.49. The second-order valence-electron chi connectivity index (χ2n) is 6.12. The van der Waals surface area contributed by atoms with Crippen molar-refractivity contribution in [3.63, 3.8) is 0 Å². The number of methoxy groups -OCH3 is 1. The van der Waals surface area contributed by atoms with Gasteiger partial charge in [0, 0.05) is 29.7 Å². The largest absolute Gasteiger partial charge is 0.493 e. The van der Waals surface area contributed by atoms with E-state index in [2.05, 4.69) is 0 Å². The Hall–Kier alpha value is -1.52. The van der Waals surface area contributed by atoms with Crippen LogP contribution in [-0.4, -0.2) is 50.2 Å². The van der Waals surface area contributed by atoms with Gasteiger partial charge in [0.25, 0.3) is 0 Å². The molecule has 4 heteroatoms. The molecule has 5 atom stereocenters. The zero-order chi connectivity index (χ0) is 23.5. The predicted octanol–water partition coefficient (Wildman–Crippen LogP) is 1.50. The maximum Gasteiger partial charge on any atom is 0.211 e. The third-order valence-electron chi connectivity index (χ3n) is 5.24. The molecule has 0 radical (unpaired) electrons. The molecule has 4 aliphatic rings. The van der Waals surface area contributed by atoms with Gasteiger partial charge in [-0.3, -0.25) is 0 Å². The molecule has 1 N–H and O–H groups in total. The maximum absolute atomic E-state index is 9.49. The highest BCUT2D eigenvalue weighted by atomic mass is 16.5. The van der Waals surface area contributed by atoms with Crippen molar-refractivity contribution < 1.29 is 26.9 Å². The summed E-state index contributed by atoms with van der Waals surface area (Å²) in [6.07, 6.45) is -0.918. The number of aliphatic hydroxyl groups excluding tert-OH is 1. The predicted molar refractivity (Wildman–Crippen MR) is 82.5 cm³/mol. The van der Waals surface area contributed by atoms with E-state index in [1.54, 1.807) is 0 Å². The van der Waals surface area contributed by atoms with Gasteiger partial charge < -0.3 is 19.5 Å². The minimum Gasteiger partial charge on any atom is -0.493 e. The fourth-order valence-electron chi connectivity index (χ4n) is 4.36. The summed E-state index contributed by atoms with van der Waals surface area (Å²) in [4.78, 5) is 1.01. The average molecular weight is 309 g/mol. The van der Waals surface area contributed by atoms with Gasteiger partial charge in [-0.25, -0.2) is 0 Å². The number of rotatable bonds is 2. The van der Waals surface area contributed by atoms with Crippen LogP contribution in [-0.2, 0) is 11.8 Å². The highest BCUT2D eigenvalue weighted by Crippen LogP contribution is 2.62. The smallest absolute Gasteiger partial charge is 0.211 e. The van der Waals surface area contributed by atoms with Crippen molar-refractivity contribution in [3.8, 4) is 11.5 Å². The first-order valence-electron chi connectivity index (χ1n) is 12.2. The van der Waals surface area contributed by atoms with Crippen LogP contribution in [0, 0.1) is 5.89 Å². The summed E-state index contributed by atoms with van der Waals surface area (Å²) >= 11 is 0. The number of aliphatic hydroxyl groups is 1. The van der Waals surface area contributed by atoms with Crippen molar-refractivity contribution in [2.24, 2.45) is 5.89 Å². The first-order valence-corrected chi connectivity index (χ1v) is 7.28. The third kappa shape index (κ3) is 1.28. The molecule has 1 aromatic carbocycles. The van der Waals surface area contributed by atoms with Crippen LogP contribution in [0.15, 0.2) is 24.3 Å². The van der Waals surface area contributed by atoms with E-state index in [0.717, 1.165) is 4.90 Å². The molecule has 1 saturated heterocycles. The Bertz CT molecular complexity index is 1030. The Kier molecular flexibility index (Phi) is 1.21. The number of piperidine rings is 1. The Morgan fingerprint density at radius 1 is 1.55 bits per heavy atom. The summed E-state index contributed by atoms with van der Waals surface area (Å²) in [5.41, 5.74) is -0.734. The number of hydrogen-bond donors (Lipinski definition) is 1. The van der Waals surface area contributed by atoms with Gasteiger partial charge in [-0.15, -0.1) is 0 Å². The van der Waals surface area contributed by atoms with Crippen molar-refractivity contribution in [3.05, 3.63) is 35.4 Å². The lowest BCUT2D eigenvalue weighted by Gasteiger charge is -2.56. The zero-order valence-corrected chi connectivity index (χ0v) is 11.7. The topological polar surface area (TPSA) is 41.9 Å². The number of benzene rings is 1. The molecule has 0 aromatic heterocycles. The standard InChI is InChI=1S/C18H21NO3/c1-19-8-7-18-11-4-5-13(20)17(18)22-16-14(21-2)6-3-10(15(16)18)9-12(11)19/h3-6,11-13,17,20H,7-9H2,1-2H3/t11-,12+,13?,17?,18-/m0/s1/i1D3,2D3,11D,12D,17D,20D. The van der Waals surface area contributed by atoms with Crippen molar-refractivity contribution >= 4 is 0 Å². The third-order valence-corrected chi connectivity index (χ3v) is 5.24. The first kappa shape index (κ1) is 6.54. The number of hydrogen-bond acceptors (Lipinski definition) is 4. The average Bonchev–Trinajstić information content (AvgIpc) is 2.91. The van der Waals surface area contributed by atoms with Gasteiger partial charge in [0.2, 0.25) is 1.43 Å². The first-order chi connectivity index (χ1) is 14.6. The summed E-state index contributed by atoms with van der Waals surface area (Å²) in [5, 5.41) is 4.78. The molecule has 2 unspecified atom stereocenters. The zero-order valence-electron chi connectivity index (χ0n) is 21.7. The van der Waals surface area contributed by atoms with Crippen LogP contribution in [0.2, 0.25) is 0 Å². The number of nitrogens with zero attached hydrogens (tertiary/aromatic N) is 1. The Labute approximate surface area is 144 Å². The molecule has 0 amide bonds. The normalized spacial score (nSPS) is 58.8. The van der Waals surface area contributed by atoms with Crippen molar-refractivity contribution in [2.45, 2.75) is 36.5 Å². The van der Waals surface area contributed by atoms with Crippen LogP contribution in [0.5, 0.6) is 11.5 Å². The summed E-state index contributed by atoms with van der Waals surface area (Å²) in [7, 11) is -2.80. The lowest BCUT2D eigenvalue weighted by atomic mass is 9.53. The molecular formula is C18H21NO3. The monoisotopic (exact) mass is 309 g/mol. The van der Waals surface area contributed by atoms with E-state index in [9.17, 15) is 4.11 Å². The summed E-state index contributed by atoms with van der Waals surface area (Å²) < 4.78 is 93.1. The van der Waals surface area contributed by atoms with E-state index >= 15 is 0 Å². The van der Waals surface area contributed by atoms with Crippen LogP contribution in [0.3, 0.4) is 0 Å². The molecule has 1 fully saturated rings. The van der Waals surface area contributed by atoms with Gasteiger partial charge in [-0.05, 0) is 38.0 Å². The van der Waals surface area contributed by atoms with Crippen molar-refractivity contribution in [1.82, 2.24) is 4.90 Å². The van der Waals surface area contributed by atoms with Crippen LogP contribution in [0.25, 0.3) is 0 Å². The molecule has 5 rings (SSSR count). The number of likely N-dealkylation sites (N-methyl/N-ethyl adjacent to an activating group) is 1. The summed E-state index contributed by atoms with van der Waals surface area (Å²) in [6.45, 7) is -2.77. The molecule has 0 saturated carbocycles. The SMILES string of the molecule is [2H]OC1C=C[C@@]2([2H])[C@@]3([2H])Cc4ccc(OC([2H])([2H])[2H])c5c4[C@@]2(CCN3C([2H])([2H])[2H])C1([2H])O5. The molecule has 116 valence electrons. The van der Waals surface area contributed by atoms with Gasteiger partial charge in [0.15, 0.2) is 11.5 Å². The van der Waals surface area contributed by atoms with Gasteiger partial charge in [-0.2, -0.15) is 0 Å². The number of likely N-dealkylation sites (tertiary alicyclic amines) is 1. The highest BCUT2D eigenvalue weighted by Gasteiger charge is 2.64. The van der Waals surface area contributed by atoms with Crippen molar-refractivity contribution in [2.75, 3.05) is 20.6 Å². The second kappa shape index (κ2) is 4.06. The Morgan fingerprint density at radius 2 is 2.55 bits per heavy atom. The second-order valence-corrected chi connectivity index (χ2v) is 6.12. The van der Waals surface area contributed by atoms with Gasteiger partial charge >= 0.3 is 0 Å². The van der Waals surface area contributed by atoms with Crippen LogP contribution < -0.4 is 9.47 Å². The minimum absolute atomic E-state index is 0.0274. The lowest BCUT2D eigenvalue weighted by molar-refractivity contribution is -0.0453.